The van der Waals surface area contributed by atoms with Crippen molar-refractivity contribution < 1.29 is 15.0 Å². The van der Waals surface area contributed by atoms with Gasteiger partial charge in [0, 0.05) is 29.4 Å². The first-order valence-corrected chi connectivity index (χ1v) is 8.13. The summed E-state index contributed by atoms with van der Waals surface area (Å²) in [5.74, 6) is -0.742. The third kappa shape index (κ3) is 4.39. The number of carbonyl (C=O) groups is 1. The zero-order valence-corrected chi connectivity index (χ0v) is 15.5. The quantitative estimate of drug-likeness (QED) is 0.471. The lowest BCUT2D eigenvalue weighted by Gasteiger charge is -2.11. The van der Waals surface area contributed by atoms with Gasteiger partial charge in [-0.3, -0.25) is 0 Å². The number of nitrogen functional groups attached to an aromatic ring is 1. The summed E-state index contributed by atoms with van der Waals surface area (Å²) in [6, 6.07) is 11.6. The summed E-state index contributed by atoms with van der Waals surface area (Å²) in [6.07, 6.45) is 1.58. The van der Waals surface area contributed by atoms with Gasteiger partial charge in [0.2, 0.25) is 5.95 Å². The highest BCUT2D eigenvalue weighted by atomic mass is 35.5. The van der Waals surface area contributed by atoms with E-state index in [-0.39, 0.29) is 35.5 Å². The van der Waals surface area contributed by atoms with Crippen LogP contribution in [0, 0.1) is 0 Å². The maximum absolute atomic E-state index is 10.9. The molecule has 0 amide bonds. The Morgan fingerprint density at radius 1 is 1.19 bits per heavy atom. The number of aromatic hydroxyl groups is 1. The second-order valence-electron chi connectivity index (χ2n) is 5.45. The number of hydrogen-bond acceptors (Lipinski definition) is 6. The molecule has 0 aliphatic heterocycles. The predicted octanol–water partition coefficient (Wildman–Crippen LogP) is 4.03. The summed E-state index contributed by atoms with van der Waals surface area (Å²) < 4.78 is 0. The maximum atomic E-state index is 10.9. The van der Waals surface area contributed by atoms with Crippen LogP contribution in [0.25, 0.3) is 11.1 Å². The smallest absolute Gasteiger partial charge is 0.339 e. The molecule has 0 aliphatic carbocycles. The van der Waals surface area contributed by atoms with Crippen LogP contribution in [0.5, 0.6) is 5.75 Å². The molecule has 0 aliphatic rings. The van der Waals surface area contributed by atoms with Crippen LogP contribution in [0.2, 0.25) is 0 Å². The van der Waals surface area contributed by atoms with E-state index in [2.05, 4.69) is 15.3 Å². The molecule has 2 aromatic carbocycles. The molecule has 0 saturated heterocycles. The second-order valence-corrected chi connectivity index (χ2v) is 5.71. The van der Waals surface area contributed by atoms with Crippen molar-refractivity contribution in [1.82, 2.24) is 9.97 Å². The first kappa shape index (κ1) is 20.3. The fraction of sp³-hybridized carbons (Fsp3) is 0.0556. The van der Waals surface area contributed by atoms with Gasteiger partial charge in [0.25, 0.3) is 0 Å². The second kappa shape index (κ2) is 8.57. The van der Waals surface area contributed by atoms with E-state index in [0.29, 0.717) is 17.1 Å². The van der Waals surface area contributed by atoms with E-state index in [4.69, 9.17) is 22.4 Å². The molecule has 0 spiro atoms. The molecule has 27 heavy (non-hydrogen) atoms. The van der Waals surface area contributed by atoms with E-state index < -0.39 is 5.97 Å². The van der Waals surface area contributed by atoms with E-state index >= 15 is 0 Å². The summed E-state index contributed by atoms with van der Waals surface area (Å²) in [4.78, 5) is 19.4. The Balaban J connectivity index is 0.00000261. The van der Waals surface area contributed by atoms with Gasteiger partial charge in [0.1, 0.15) is 17.1 Å². The molecule has 3 rings (SSSR count). The Labute approximate surface area is 166 Å². The fourth-order valence-electron chi connectivity index (χ4n) is 2.48. The number of carboxylic acids is 1. The Morgan fingerprint density at radius 2 is 1.93 bits per heavy atom. The first-order valence-electron chi connectivity index (χ1n) is 7.59. The number of hydrogen-bond donors (Lipinski definition) is 4. The molecule has 0 radical (unpaired) electrons. The normalized spacial score (nSPS) is 10.1. The van der Waals surface area contributed by atoms with Crippen molar-refractivity contribution in [2.45, 2.75) is 5.88 Å². The number of phenols is 1. The molecule has 5 N–H and O–H groups in total. The van der Waals surface area contributed by atoms with Gasteiger partial charge in [-0.25, -0.2) is 9.78 Å². The number of aromatic nitrogens is 2. The number of anilines is 3. The lowest BCUT2D eigenvalue weighted by molar-refractivity contribution is 0.0694. The molecule has 3 aromatic rings. The zero-order valence-electron chi connectivity index (χ0n) is 13.9. The van der Waals surface area contributed by atoms with Crippen molar-refractivity contribution in [3.8, 4) is 16.9 Å². The summed E-state index contributed by atoms with van der Waals surface area (Å²) in [5.41, 5.74) is 8.74. The molecular weight excluding hydrogens is 391 g/mol. The molecular formula is C18H16Cl2N4O3. The molecule has 0 bridgehead atoms. The van der Waals surface area contributed by atoms with Gasteiger partial charge in [-0.1, -0.05) is 24.3 Å². The van der Waals surface area contributed by atoms with Gasteiger partial charge in [0.05, 0.1) is 0 Å². The molecule has 9 heteroatoms. The van der Waals surface area contributed by atoms with Crippen LogP contribution < -0.4 is 11.1 Å². The van der Waals surface area contributed by atoms with Crippen LogP contribution in [0.1, 0.15) is 15.9 Å². The highest BCUT2D eigenvalue weighted by molar-refractivity contribution is 6.17. The highest BCUT2D eigenvalue weighted by Gasteiger charge is 2.12. The Morgan fingerprint density at radius 3 is 2.56 bits per heavy atom. The van der Waals surface area contributed by atoms with Crippen LogP contribution in [-0.4, -0.2) is 26.2 Å². The van der Waals surface area contributed by atoms with Gasteiger partial charge in [-0.2, -0.15) is 4.98 Å². The minimum atomic E-state index is -1.21. The van der Waals surface area contributed by atoms with Crippen molar-refractivity contribution in [2.24, 2.45) is 0 Å². The van der Waals surface area contributed by atoms with E-state index in [1.165, 1.54) is 18.2 Å². The molecule has 0 unspecified atom stereocenters. The van der Waals surface area contributed by atoms with Crippen LogP contribution in [0.4, 0.5) is 17.5 Å². The standard InChI is InChI=1S/C18H15ClN4O3.ClH/c19-8-10-3-1-2-4-12(10)14-9-21-18(23-16(14)20)22-11-5-6-13(17(25)26)15(24)7-11;/h1-7,9,24H,8H2,(H,25,26)(H3,20,21,22,23);1H. The van der Waals surface area contributed by atoms with Crippen molar-refractivity contribution in [2.75, 3.05) is 11.1 Å². The summed E-state index contributed by atoms with van der Waals surface area (Å²) >= 11 is 5.96. The number of rotatable bonds is 5. The Kier molecular flexibility index (Phi) is 6.44. The highest BCUT2D eigenvalue weighted by Crippen LogP contribution is 2.30. The summed E-state index contributed by atoms with van der Waals surface area (Å²) in [6.45, 7) is 0. The molecule has 1 heterocycles. The van der Waals surface area contributed by atoms with Crippen molar-refractivity contribution in [3.63, 3.8) is 0 Å². The zero-order chi connectivity index (χ0) is 18.7. The van der Waals surface area contributed by atoms with E-state index in [0.717, 1.165) is 11.1 Å². The van der Waals surface area contributed by atoms with E-state index in [1.807, 2.05) is 24.3 Å². The molecule has 0 fully saturated rings. The van der Waals surface area contributed by atoms with Gasteiger partial charge in [-0.05, 0) is 23.3 Å². The lowest BCUT2D eigenvalue weighted by atomic mass is 10.0. The van der Waals surface area contributed by atoms with E-state index in [9.17, 15) is 9.90 Å². The number of nitrogens with two attached hydrogens (primary N) is 1. The molecule has 1 aromatic heterocycles. The van der Waals surface area contributed by atoms with Crippen LogP contribution in [0.3, 0.4) is 0 Å². The Bertz CT molecular complexity index is 983. The molecule has 7 nitrogen and oxygen atoms in total. The van der Waals surface area contributed by atoms with Crippen molar-refractivity contribution in [1.29, 1.82) is 0 Å². The number of aromatic carboxylic acids is 1. The number of halogens is 2. The third-order valence-corrected chi connectivity index (χ3v) is 4.04. The number of nitrogens with one attached hydrogen (secondary N) is 1. The first-order chi connectivity index (χ1) is 12.5. The number of alkyl halides is 1. The van der Waals surface area contributed by atoms with Crippen LogP contribution in [0.15, 0.2) is 48.7 Å². The molecule has 0 saturated carbocycles. The number of benzene rings is 2. The minimum absolute atomic E-state index is 0. The van der Waals surface area contributed by atoms with Gasteiger partial charge in [0.15, 0.2) is 0 Å². The summed E-state index contributed by atoms with van der Waals surface area (Å²) in [5, 5.41) is 21.6. The number of carboxylic acid groups (broad SMARTS) is 1. The average molecular weight is 407 g/mol. The molecule has 140 valence electrons. The number of nitrogens with zero attached hydrogens (tertiary/aromatic N) is 2. The minimum Gasteiger partial charge on any atom is -0.507 e. The van der Waals surface area contributed by atoms with Crippen LogP contribution in [-0.2, 0) is 5.88 Å². The van der Waals surface area contributed by atoms with Crippen molar-refractivity contribution in [3.05, 3.63) is 59.8 Å². The van der Waals surface area contributed by atoms with Crippen LogP contribution >= 0.6 is 24.0 Å². The SMILES string of the molecule is Cl.Nc1nc(Nc2ccc(C(=O)O)c(O)c2)ncc1-c1ccccc1CCl. The third-order valence-electron chi connectivity index (χ3n) is 3.75. The van der Waals surface area contributed by atoms with E-state index in [1.54, 1.807) is 6.20 Å². The fourth-order valence-corrected chi connectivity index (χ4v) is 2.71. The van der Waals surface area contributed by atoms with Gasteiger partial charge >= 0.3 is 5.97 Å². The maximum Gasteiger partial charge on any atom is 0.339 e. The Hall–Kier alpha value is -3.03. The monoisotopic (exact) mass is 406 g/mol. The lowest BCUT2D eigenvalue weighted by Crippen LogP contribution is -2.03. The topological polar surface area (TPSA) is 121 Å². The summed E-state index contributed by atoms with van der Waals surface area (Å²) in [7, 11) is 0. The molecule has 0 atom stereocenters. The van der Waals surface area contributed by atoms with Crippen molar-refractivity contribution >= 4 is 47.4 Å². The average Bonchev–Trinajstić information content (AvgIpc) is 2.61. The predicted molar refractivity (Wildman–Crippen MR) is 107 cm³/mol. The van der Waals surface area contributed by atoms with Gasteiger partial charge in [-0.15, -0.1) is 24.0 Å². The largest absolute Gasteiger partial charge is 0.507 e. The van der Waals surface area contributed by atoms with Gasteiger partial charge < -0.3 is 21.3 Å².